The SMILES string of the molecule is CCOC(=O)c1ccc(N(Cc2c(Cl)cccc2Cl)C(=S)NC(=O)c2ccco2)cc1. The number of halogens is 2. The zero-order valence-corrected chi connectivity index (χ0v) is 18.8. The summed E-state index contributed by atoms with van der Waals surface area (Å²) in [5.74, 6) is -0.799. The molecule has 0 spiro atoms. The number of ether oxygens (including phenoxy) is 1. The minimum Gasteiger partial charge on any atom is -0.462 e. The van der Waals surface area contributed by atoms with Gasteiger partial charge in [0.15, 0.2) is 10.9 Å². The van der Waals surface area contributed by atoms with Gasteiger partial charge in [-0.2, -0.15) is 0 Å². The number of hydrogen-bond donors (Lipinski definition) is 1. The molecule has 0 unspecified atom stereocenters. The Hall–Kier alpha value is -2.87. The third-order valence-electron chi connectivity index (χ3n) is 4.28. The Morgan fingerprint density at radius 1 is 1.06 bits per heavy atom. The second-order valence-corrected chi connectivity index (χ2v) is 7.49. The van der Waals surface area contributed by atoms with Crippen LogP contribution in [0.3, 0.4) is 0 Å². The van der Waals surface area contributed by atoms with Crippen molar-refractivity contribution in [3.05, 3.63) is 87.8 Å². The molecule has 0 bridgehead atoms. The Labute approximate surface area is 194 Å². The lowest BCUT2D eigenvalue weighted by atomic mass is 10.1. The van der Waals surface area contributed by atoms with Crippen LogP contribution in [0.25, 0.3) is 0 Å². The van der Waals surface area contributed by atoms with Crippen molar-refractivity contribution in [3.8, 4) is 0 Å². The van der Waals surface area contributed by atoms with E-state index in [-0.39, 0.29) is 24.0 Å². The van der Waals surface area contributed by atoms with Crippen LogP contribution in [0.1, 0.15) is 33.4 Å². The molecule has 2 aromatic carbocycles. The first-order valence-electron chi connectivity index (χ1n) is 9.27. The van der Waals surface area contributed by atoms with Gasteiger partial charge in [-0.15, -0.1) is 0 Å². The molecule has 1 N–H and O–H groups in total. The number of hydrogen-bond acceptors (Lipinski definition) is 5. The van der Waals surface area contributed by atoms with E-state index in [2.05, 4.69) is 5.32 Å². The Morgan fingerprint density at radius 2 is 1.74 bits per heavy atom. The highest BCUT2D eigenvalue weighted by Crippen LogP contribution is 2.28. The van der Waals surface area contributed by atoms with Crippen LogP contribution >= 0.6 is 35.4 Å². The summed E-state index contributed by atoms with van der Waals surface area (Å²) in [6, 6.07) is 14.9. The first-order valence-corrected chi connectivity index (χ1v) is 10.4. The van der Waals surface area contributed by atoms with E-state index in [1.807, 2.05) is 0 Å². The molecule has 0 fully saturated rings. The molecule has 0 atom stereocenters. The van der Waals surface area contributed by atoms with E-state index in [9.17, 15) is 9.59 Å². The number of nitrogens with one attached hydrogen (secondary N) is 1. The lowest BCUT2D eigenvalue weighted by Crippen LogP contribution is -2.42. The second kappa shape index (κ2) is 10.4. The van der Waals surface area contributed by atoms with Crippen LogP contribution in [0.4, 0.5) is 5.69 Å². The van der Waals surface area contributed by atoms with Gasteiger partial charge in [0.05, 0.1) is 25.0 Å². The van der Waals surface area contributed by atoms with E-state index < -0.39 is 11.9 Å². The Bertz CT molecular complexity index is 1070. The van der Waals surface area contributed by atoms with Crippen molar-refractivity contribution in [3.63, 3.8) is 0 Å². The normalized spacial score (nSPS) is 10.4. The number of furan rings is 1. The summed E-state index contributed by atoms with van der Waals surface area (Å²) in [5, 5.41) is 3.68. The number of carbonyl (C=O) groups excluding carboxylic acids is 2. The van der Waals surface area contributed by atoms with Crippen molar-refractivity contribution in [2.75, 3.05) is 11.5 Å². The van der Waals surface area contributed by atoms with Gasteiger partial charge in [-0.25, -0.2) is 4.79 Å². The molecule has 1 aromatic heterocycles. The van der Waals surface area contributed by atoms with E-state index in [1.54, 1.807) is 60.4 Å². The van der Waals surface area contributed by atoms with Gasteiger partial charge in [0.25, 0.3) is 5.91 Å². The van der Waals surface area contributed by atoms with Crippen molar-refractivity contribution in [1.29, 1.82) is 0 Å². The third-order valence-corrected chi connectivity index (χ3v) is 5.31. The van der Waals surface area contributed by atoms with Gasteiger partial charge in [-0.1, -0.05) is 29.3 Å². The highest BCUT2D eigenvalue weighted by molar-refractivity contribution is 7.80. The minimum absolute atomic E-state index is 0.112. The summed E-state index contributed by atoms with van der Waals surface area (Å²) in [4.78, 5) is 26.0. The van der Waals surface area contributed by atoms with Crippen LogP contribution in [0, 0.1) is 0 Å². The zero-order chi connectivity index (χ0) is 22.4. The maximum absolute atomic E-state index is 12.4. The van der Waals surface area contributed by atoms with Gasteiger partial charge in [-0.3, -0.25) is 10.1 Å². The van der Waals surface area contributed by atoms with Crippen LogP contribution in [-0.4, -0.2) is 23.6 Å². The van der Waals surface area contributed by atoms with Crippen LogP contribution in [0.2, 0.25) is 10.0 Å². The number of anilines is 1. The van der Waals surface area contributed by atoms with Crippen LogP contribution in [0.15, 0.2) is 65.3 Å². The van der Waals surface area contributed by atoms with E-state index in [0.717, 1.165) is 0 Å². The maximum atomic E-state index is 12.4. The number of nitrogens with zero attached hydrogens (tertiary/aromatic N) is 1. The number of rotatable bonds is 6. The summed E-state index contributed by atoms with van der Waals surface area (Å²) in [6.45, 7) is 2.20. The molecular weight excluding hydrogens is 459 g/mol. The van der Waals surface area contributed by atoms with Crippen molar-refractivity contribution < 1.29 is 18.7 Å². The Kier molecular flexibility index (Phi) is 7.68. The summed E-state index contributed by atoms with van der Waals surface area (Å²) in [6.07, 6.45) is 1.40. The molecule has 3 rings (SSSR count). The second-order valence-electron chi connectivity index (χ2n) is 6.29. The van der Waals surface area contributed by atoms with Gasteiger partial charge in [0, 0.05) is 21.3 Å². The van der Waals surface area contributed by atoms with Crippen LogP contribution in [0.5, 0.6) is 0 Å². The van der Waals surface area contributed by atoms with Gasteiger partial charge < -0.3 is 14.1 Å². The van der Waals surface area contributed by atoms with E-state index in [4.69, 9.17) is 44.6 Å². The summed E-state index contributed by atoms with van der Waals surface area (Å²) in [7, 11) is 0. The smallest absolute Gasteiger partial charge is 0.338 e. The first-order chi connectivity index (χ1) is 14.9. The molecule has 9 heteroatoms. The topological polar surface area (TPSA) is 71.8 Å². The fourth-order valence-corrected chi connectivity index (χ4v) is 3.53. The van der Waals surface area contributed by atoms with Crippen molar-refractivity contribution in [2.45, 2.75) is 13.5 Å². The molecule has 0 aliphatic rings. The highest BCUT2D eigenvalue weighted by atomic mass is 35.5. The van der Waals surface area contributed by atoms with Crippen molar-refractivity contribution >= 4 is 58.1 Å². The Morgan fingerprint density at radius 3 is 2.32 bits per heavy atom. The fraction of sp³-hybridized carbons (Fsp3) is 0.136. The van der Waals surface area contributed by atoms with Crippen molar-refractivity contribution in [1.82, 2.24) is 5.32 Å². The van der Waals surface area contributed by atoms with E-state index in [0.29, 0.717) is 26.9 Å². The van der Waals surface area contributed by atoms with Crippen LogP contribution in [-0.2, 0) is 11.3 Å². The number of thiocarbonyl (C=S) groups is 1. The predicted molar refractivity (Wildman–Crippen MR) is 124 cm³/mol. The third kappa shape index (κ3) is 5.64. The average Bonchev–Trinajstić information content (AvgIpc) is 3.29. The number of esters is 1. The minimum atomic E-state index is -0.492. The fourth-order valence-electron chi connectivity index (χ4n) is 2.75. The summed E-state index contributed by atoms with van der Waals surface area (Å²) >= 11 is 18.2. The summed E-state index contributed by atoms with van der Waals surface area (Å²) in [5.41, 5.74) is 1.65. The standard InChI is InChI=1S/C22H18Cl2N2O4S/c1-2-29-21(28)14-8-10-15(11-9-14)26(13-16-17(23)5-3-6-18(16)24)22(31)25-20(27)19-7-4-12-30-19/h3-12H,2,13H2,1H3,(H,25,27,31). The molecule has 0 saturated heterocycles. The molecule has 0 radical (unpaired) electrons. The van der Waals surface area contributed by atoms with E-state index >= 15 is 0 Å². The first kappa shape index (κ1) is 22.8. The molecular formula is C22H18Cl2N2O4S. The zero-order valence-electron chi connectivity index (χ0n) is 16.4. The Balaban J connectivity index is 1.91. The molecule has 0 saturated carbocycles. The molecule has 6 nitrogen and oxygen atoms in total. The molecule has 31 heavy (non-hydrogen) atoms. The van der Waals surface area contributed by atoms with Gasteiger partial charge in [0.2, 0.25) is 0 Å². The van der Waals surface area contributed by atoms with E-state index in [1.165, 1.54) is 12.3 Å². The van der Waals surface area contributed by atoms with Gasteiger partial charge in [0.1, 0.15) is 0 Å². The molecule has 1 heterocycles. The molecule has 0 aliphatic heterocycles. The molecule has 1 amide bonds. The monoisotopic (exact) mass is 476 g/mol. The predicted octanol–water partition coefficient (Wildman–Crippen LogP) is 5.48. The quantitative estimate of drug-likeness (QED) is 0.374. The lowest BCUT2D eigenvalue weighted by Gasteiger charge is -2.26. The van der Waals surface area contributed by atoms with Crippen molar-refractivity contribution in [2.24, 2.45) is 0 Å². The molecule has 3 aromatic rings. The number of carbonyl (C=O) groups is 2. The highest BCUT2D eigenvalue weighted by Gasteiger charge is 2.20. The van der Waals surface area contributed by atoms with Crippen LogP contribution < -0.4 is 10.2 Å². The molecule has 0 aliphatic carbocycles. The van der Waals surface area contributed by atoms with Gasteiger partial charge in [-0.05, 0) is 67.7 Å². The summed E-state index contributed by atoms with van der Waals surface area (Å²) < 4.78 is 10.1. The number of amides is 1. The van der Waals surface area contributed by atoms with Gasteiger partial charge >= 0.3 is 5.97 Å². The average molecular weight is 477 g/mol. The number of benzene rings is 2. The molecule has 160 valence electrons. The largest absolute Gasteiger partial charge is 0.462 e. The lowest BCUT2D eigenvalue weighted by molar-refractivity contribution is 0.0526. The maximum Gasteiger partial charge on any atom is 0.338 e.